The van der Waals surface area contributed by atoms with Gasteiger partial charge in [-0.25, -0.2) is 0 Å². The monoisotopic (exact) mass is 329 g/mol. The quantitative estimate of drug-likeness (QED) is 0.577. The first kappa shape index (κ1) is 17.4. The molecule has 2 aromatic carbocycles. The fourth-order valence-corrected chi connectivity index (χ4v) is 2.70. The second kappa shape index (κ2) is 9.26. The van der Waals surface area contributed by atoms with E-state index in [4.69, 9.17) is 4.74 Å². The van der Waals surface area contributed by atoms with Crippen LogP contribution in [0.25, 0.3) is 0 Å². The maximum Gasteiger partial charge on any atom is 0.251 e. The molecule has 0 radical (unpaired) electrons. The molecule has 23 heavy (non-hydrogen) atoms. The number of carbonyl (C=O) groups is 1. The van der Waals surface area contributed by atoms with Gasteiger partial charge >= 0.3 is 0 Å². The van der Waals surface area contributed by atoms with E-state index >= 15 is 0 Å². The zero-order valence-corrected chi connectivity index (χ0v) is 14.4. The van der Waals surface area contributed by atoms with Crippen molar-refractivity contribution >= 4 is 17.7 Å². The largest absolute Gasteiger partial charge is 0.493 e. The fourth-order valence-electron chi connectivity index (χ4n) is 1.95. The summed E-state index contributed by atoms with van der Waals surface area (Å²) >= 11 is 1.77. The van der Waals surface area contributed by atoms with Crippen LogP contribution in [0, 0.1) is 0 Å². The Kier molecular flexibility index (Phi) is 7.01. The van der Waals surface area contributed by atoms with Gasteiger partial charge in [0.25, 0.3) is 5.91 Å². The van der Waals surface area contributed by atoms with Crippen molar-refractivity contribution in [1.29, 1.82) is 0 Å². The predicted molar refractivity (Wildman–Crippen MR) is 96.3 cm³/mol. The second-order valence-corrected chi connectivity index (χ2v) is 6.49. The summed E-state index contributed by atoms with van der Waals surface area (Å²) in [6, 6.07) is 17.8. The zero-order valence-electron chi connectivity index (χ0n) is 13.6. The van der Waals surface area contributed by atoms with Gasteiger partial charge in [-0.2, -0.15) is 0 Å². The molecule has 0 aliphatic rings. The Hall–Kier alpha value is -1.94. The highest BCUT2D eigenvalue weighted by atomic mass is 32.2. The van der Waals surface area contributed by atoms with Crippen LogP contribution in [0.4, 0.5) is 0 Å². The lowest BCUT2D eigenvalue weighted by Gasteiger charge is -2.12. The third-order valence-electron chi connectivity index (χ3n) is 3.47. The molecule has 0 spiro atoms. The van der Waals surface area contributed by atoms with Crippen LogP contribution in [0.15, 0.2) is 59.5 Å². The Morgan fingerprint density at radius 1 is 1.13 bits per heavy atom. The van der Waals surface area contributed by atoms with Crippen LogP contribution < -0.4 is 10.1 Å². The first-order valence-electron chi connectivity index (χ1n) is 7.90. The van der Waals surface area contributed by atoms with E-state index in [1.165, 1.54) is 4.90 Å². The van der Waals surface area contributed by atoms with Gasteiger partial charge in [0, 0.05) is 22.3 Å². The molecule has 0 aliphatic heterocycles. The van der Waals surface area contributed by atoms with Crippen molar-refractivity contribution in [2.45, 2.75) is 31.2 Å². The van der Waals surface area contributed by atoms with Gasteiger partial charge < -0.3 is 10.1 Å². The highest BCUT2D eigenvalue weighted by Gasteiger charge is 2.08. The summed E-state index contributed by atoms with van der Waals surface area (Å²) in [7, 11) is 0. The van der Waals surface area contributed by atoms with E-state index in [0.29, 0.717) is 12.2 Å². The van der Waals surface area contributed by atoms with Gasteiger partial charge in [0.1, 0.15) is 5.75 Å². The molecule has 0 heterocycles. The highest BCUT2D eigenvalue weighted by molar-refractivity contribution is 7.99. The number of thioether (sulfide) groups is 1. The van der Waals surface area contributed by atoms with E-state index in [-0.39, 0.29) is 11.9 Å². The predicted octanol–water partition coefficient (Wildman–Crippen LogP) is 4.39. The van der Waals surface area contributed by atoms with E-state index < -0.39 is 0 Å². The Morgan fingerprint density at radius 3 is 2.48 bits per heavy atom. The van der Waals surface area contributed by atoms with Gasteiger partial charge in [-0.1, -0.05) is 25.1 Å². The third kappa shape index (κ3) is 5.99. The minimum Gasteiger partial charge on any atom is -0.493 e. The number of ether oxygens (including phenoxy) is 1. The van der Waals surface area contributed by atoms with Crippen molar-refractivity contribution < 1.29 is 9.53 Å². The van der Waals surface area contributed by atoms with Crippen LogP contribution >= 0.6 is 11.8 Å². The normalized spacial score (nSPS) is 11.7. The topological polar surface area (TPSA) is 38.3 Å². The van der Waals surface area contributed by atoms with Crippen molar-refractivity contribution in [2.24, 2.45) is 0 Å². The molecule has 0 unspecified atom stereocenters. The lowest BCUT2D eigenvalue weighted by molar-refractivity contribution is 0.0939. The molecule has 4 heteroatoms. The number of hydrogen-bond donors (Lipinski definition) is 1. The number of benzene rings is 2. The Morgan fingerprint density at radius 2 is 1.83 bits per heavy atom. The van der Waals surface area contributed by atoms with E-state index in [1.54, 1.807) is 23.9 Å². The molecular weight excluding hydrogens is 306 g/mol. The second-order valence-electron chi connectivity index (χ2n) is 5.32. The minimum absolute atomic E-state index is 0.0365. The van der Waals surface area contributed by atoms with Crippen LogP contribution in [-0.2, 0) is 0 Å². The molecule has 0 bridgehead atoms. The maximum atomic E-state index is 12.0. The SMILES string of the molecule is CC[C@@H](C)NC(=O)c1ccc(OCCSc2ccccc2)cc1. The molecule has 1 amide bonds. The van der Waals surface area contributed by atoms with Gasteiger partial charge in [-0.05, 0) is 49.7 Å². The van der Waals surface area contributed by atoms with Crippen LogP contribution in [-0.4, -0.2) is 24.3 Å². The molecule has 122 valence electrons. The molecular formula is C19H23NO2S. The van der Waals surface area contributed by atoms with E-state index in [1.807, 2.05) is 37.3 Å². The number of rotatable bonds is 8. The van der Waals surface area contributed by atoms with Crippen molar-refractivity contribution in [1.82, 2.24) is 5.32 Å². The summed E-state index contributed by atoms with van der Waals surface area (Å²) in [6.07, 6.45) is 0.923. The van der Waals surface area contributed by atoms with Gasteiger partial charge in [-0.3, -0.25) is 4.79 Å². The van der Waals surface area contributed by atoms with Gasteiger partial charge in [-0.15, -0.1) is 11.8 Å². The first-order chi connectivity index (χ1) is 11.2. The molecule has 0 saturated carbocycles. The van der Waals surface area contributed by atoms with Gasteiger partial charge in [0.15, 0.2) is 0 Å². The molecule has 1 N–H and O–H groups in total. The summed E-state index contributed by atoms with van der Waals surface area (Å²) in [5, 5.41) is 2.95. The van der Waals surface area contributed by atoms with E-state index in [2.05, 4.69) is 24.4 Å². The average molecular weight is 329 g/mol. The summed E-state index contributed by atoms with van der Waals surface area (Å²) in [4.78, 5) is 13.2. The standard InChI is InChI=1S/C19H23NO2S/c1-3-15(2)20-19(21)16-9-11-17(12-10-16)22-13-14-23-18-7-5-4-6-8-18/h4-12,15H,3,13-14H2,1-2H3,(H,20,21)/t15-/m1/s1. The van der Waals surface area contributed by atoms with Crippen molar-refractivity contribution in [3.05, 3.63) is 60.2 Å². The number of hydrogen-bond acceptors (Lipinski definition) is 3. The minimum atomic E-state index is -0.0365. The number of nitrogens with one attached hydrogen (secondary N) is 1. The zero-order chi connectivity index (χ0) is 16.5. The average Bonchev–Trinajstić information content (AvgIpc) is 2.60. The van der Waals surface area contributed by atoms with Crippen LogP contribution in [0.3, 0.4) is 0 Å². The van der Waals surface area contributed by atoms with E-state index in [0.717, 1.165) is 17.9 Å². The van der Waals surface area contributed by atoms with Crippen LogP contribution in [0.1, 0.15) is 30.6 Å². The van der Waals surface area contributed by atoms with Gasteiger partial charge in [0.2, 0.25) is 0 Å². The summed E-state index contributed by atoms with van der Waals surface area (Å²) in [6.45, 7) is 4.69. The Labute approximate surface area is 142 Å². The Bertz CT molecular complexity index is 599. The first-order valence-corrected chi connectivity index (χ1v) is 8.89. The lowest BCUT2D eigenvalue weighted by Crippen LogP contribution is -2.31. The summed E-state index contributed by atoms with van der Waals surface area (Å²) in [5.74, 6) is 1.64. The maximum absolute atomic E-state index is 12.0. The molecule has 2 aromatic rings. The highest BCUT2D eigenvalue weighted by Crippen LogP contribution is 2.18. The van der Waals surface area contributed by atoms with Crippen LogP contribution in [0.5, 0.6) is 5.75 Å². The van der Waals surface area contributed by atoms with Crippen molar-refractivity contribution in [3.63, 3.8) is 0 Å². The fraction of sp³-hybridized carbons (Fsp3) is 0.316. The molecule has 0 aromatic heterocycles. The molecule has 0 aliphatic carbocycles. The third-order valence-corrected chi connectivity index (χ3v) is 4.45. The lowest BCUT2D eigenvalue weighted by atomic mass is 10.2. The van der Waals surface area contributed by atoms with Crippen LogP contribution in [0.2, 0.25) is 0 Å². The smallest absolute Gasteiger partial charge is 0.251 e. The number of amides is 1. The van der Waals surface area contributed by atoms with Crippen molar-refractivity contribution in [2.75, 3.05) is 12.4 Å². The molecule has 2 rings (SSSR count). The molecule has 0 fully saturated rings. The summed E-state index contributed by atoms with van der Waals surface area (Å²) < 4.78 is 5.71. The number of carbonyl (C=O) groups excluding carboxylic acids is 1. The van der Waals surface area contributed by atoms with Crippen molar-refractivity contribution in [3.8, 4) is 5.75 Å². The summed E-state index contributed by atoms with van der Waals surface area (Å²) in [5.41, 5.74) is 0.663. The Balaban J connectivity index is 1.75. The molecule has 1 atom stereocenters. The van der Waals surface area contributed by atoms with E-state index in [9.17, 15) is 4.79 Å². The van der Waals surface area contributed by atoms with Gasteiger partial charge in [0.05, 0.1) is 6.61 Å². The molecule has 0 saturated heterocycles. The molecule has 3 nitrogen and oxygen atoms in total.